The zero-order valence-electron chi connectivity index (χ0n) is 7.29. The standard InChI is InChI=1S/C7H16N2O2S/c1-2-12(10,11)4-6-3-7(6,9)5-8/h6H,2-5,8-9H2,1H3. The van der Waals surface area contributed by atoms with Crippen molar-refractivity contribution in [1.29, 1.82) is 0 Å². The van der Waals surface area contributed by atoms with Crippen LogP contribution in [0.15, 0.2) is 0 Å². The molecule has 12 heavy (non-hydrogen) atoms. The molecule has 1 saturated carbocycles. The van der Waals surface area contributed by atoms with Crippen molar-refractivity contribution in [2.45, 2.75) is 18.9 Å². The van der Waals surface area contributed by atoms with Gasteiger partial charge in [-0.15, -0.1) is 0 Å². The molecule has 0 saturated heterocycles. The summed E-state index contributed by atoms with van der Waals surface area (Å²) in [6, 6.07) is 0. The summed E-state index contributed by atoms with van der Waals surface area (Å²) in [7, 11) is -2.87. The Kier molecular flexibility index (Phi) is 2.47. The Morgan fingerprint density at radius 2 is 2.17 bits per heavy atom. The van der Waals surface area contributed by atoms with E-state index in [1.165, 1.54) is 0 Å². The van der Waals surface area contributed by atoms with Gasteiger partial charge in [-0.05, 0) is 12.3 Å². The van der Waals surface area contributed by atoms with Crippen molar-refractivity contribution in [3.05, 3.63) is 0 Å². The Bertz CT molecular complexity index is 263. The van der Waals surface area contributed by atoms with Gasteiger partial charge in [0.2, 0.25) is 0 Å². The van der Waals surface area contributed by atoms with Crippen LogP contribution in [0.3, 0.4) is 0 Å². The quantitative estimate of drug-likeness (QED) is 0.604. The van der Waals surface area contributed by atoms with Gasteiger partial charge in [-0.1, -0.05) is 6.92 Å². The van der Waals surface area contributed by atoms with Gasteiger partial charge in [-0.3, -0.25) is 0 Å². The first-order valence-electron chi connectivity index (χ1n) is 4.13. The van der Waals surface area contributed by atoms with Crippen molar-refractivity contribution in [2.24, 2.45) is 17.4 Å². The minimum absolute atomic E-state index is 0.0902. The lowest BCUT2D eigenvalue weighted by atomic mass is 10.2. The third kappa shape index (κ3) is 1.97. The SMILES string of the molecule is CCS(=O)(=O)CC1CC1(N)CN. The zero-order chi connectivity index (χ0) is 9.41. The maximum absolute atomic E-state index is 11.2. The molecule has 1 rings (SSSR count). The topological polar surface area (TPSA) is 86.2 Å². The molecule has 1 aliphatic carbocycles. The molecule has 4 N–H and O–H groups in total. The van der Waals surface area contributed by atoms with Gasteiger partial charge in [0.25, 0.3) is 0 Å². The average Bonchev–Trinajstić information content (AvgIpc) is 2.62. The zero-order valence-corrected chi connectivity index (χ0v) is 8.10. The van der Waals surface area contributed by atoms with E-state index in [4.69, 9.17) is 11.5 Å². The number of hydrogen-bond donors (Lipinski definition) is 2. The highest BCUT2D eigenvalue weighted by atomic mass is 32.2. The summed E-state index contributed by atoms with van der Waals surface area (Å²) in [6.45, 7) is 2.04. The summed E-state index contributed by atoms with van der Waals surface area (Å²) in [5, 5.41) is 0. The number of nitrogens with two attached hydrogens (primary N) is 2. The Balaban J connectivity index is 2.48. The van der Waals surface area contributed by atoms with Gasteiger partial charge in [0.15, 0.2) is 0 Å². The van der Waals surface area contributed by atoms with E-state index in [9.17, 15) is 8.42 Å². The summed E-state index contributed by atoms with van der Waals surface area (Å²) in [4.78, 5) is 0. The maximum atomic E-state index is 11.2. The molecule has 0 bridgehead atoms. The van der Waals surface area contributed by atoms with Gasteiger partial charge < -0.3 is 11.5 Å². The molecule has 0 aromatic carbocycles. The maximum Gasteiger partial charge on any atom is 0.150 e. The van der Waals surface area contributed by atoms with Crippen LogP contribution in [0, 0.1) is 5.92 Å². The molecule has 0 amide bonds. The molecule has 5 heteroatoms. The molecular weight excluding hydrogens is 176 g/mol. The van der Waals surface area contributed by atoms with Crippen molar-refractivity contribution in [1.82, 2.24) is 0 Å². The second kappa shape index (κ2) is 2.97. The van der Waals surface area contributed by atoms with E-state index < -0.39 is 9.84 Å². The van der Waals surface area contributed by atoms with E-state index in [1.54, 1.807) is 6.92 Å². The highest BCUT2D eigenvalue weighted by Crippen LogP contribution is 2.40. The lowest BCUT2D eigenvalue weighted by molar-refractivity contribution is 0.580. The third-order valence-electron chi connectivity index (χ3n) is 2.55. The van der Waals surface area contributed by atoms with Crippen LogP contribution in [0.1, 0.15) is 13.3 Å². The van der Waals surface area contributed by atoms with Crippen LogP contribution in [0.4, 0.5) is 0 Å². The first kappa shape index (κ1) is 9.95. The molecule has 2 unspecified atom stereocenters. The van der Waals surface area contributed by atoms with Crippen LogP contribution in [-0.4, -0.2) is 32.0 Å². The fourth-order valence-corrected chi connectivity index (χ4v) is 2.60. The van der Waals surface area contributed by atoms with Crippen molar-refractivity contribution < 1.29 is 8.42 Å². The Morgan fingerprint density at radius 1 is 1.58 bits per heavy atom. The third-order valence-corrected chi connectivity index (χ3v) is 4.34. The predicted molar refractivity (Wildman–Crippen MR) is 48.4 cm³/mol. The number of sulfone groups is 1. The van der Waals surface area contributed by atoms with E-state index in [0.29, 0.717) is 6.54 Å². The molecule has 4 nitrogen and oxygen atoms in total. The summed E-state index contributed by atoms with van der Waals surface area (Å²) in [5.41, 5.74) is 10.8. The van der Waals surface area contributed by atoms with Gasteiger partial charge in [-0.25, -0.2) is 8.42 Å². The first-order chi connectivity index (χ1) is 5.43. The van der Waals surface area contributed by atoms with E-state index in [1.807, 2.05) is 0 Å². The van der Waals surface area contributed by atoms with E-state index in [0.717, 1.165) is 6.42 Å². The van der Waals surface area contributed by atoms with Crippen LogP contribution >= 0.6 is 0 Å². The van der Waals surface area contributed by atoms with E-state index in [-0.39, 0.29) is 23.0 Å². The Labute approximate surface area is 73.2 Å². The molecule has 2 atom stereocenters. The van der Waals surface area contributed by atoms with Gasteiger partial charge in [0.1, 0.15) is 9.84 Å². The molecule has 1 aliphatic rings. The minimum atomic E-state index is -2.87. The van der Waals surface area contributed by atoms with Crippen molar-refractivity contribution in [3.8, 4) is 0 Å². The second-order valence-electron chi connectivity index (χ2n) is 3.54. The van der Waals surface area contributed by atoms with Crippen molar-refractivity contribution >= 4 is 9.84 Å². The van der Waals surface area contributed by atoms with Crippen LogP contribution in [-0.2, 0) is 9.84 Å². The summed E-state index contributed by atoms with van der Waals surface area (Å²) in [6.07, 6.45) is 0.753. The summed E-state index contributed by atoms with van der Waals surface area (Å²) < 4.78 is 22.3. The molecule has 1 fully saturated rings. The molecule has 0 aliphatic heterocycles. The van der Waals surface area contributed by atoms with E-state index >= 15 is 0 Å². The van der Waals surface area contributed by atoms with Gasteiger partial charge in [-0.2, -0.15) is 0 Å². The molecule has 0 aromatic heterocycles. The van der Waals surface area contributed by atoms with Crippen LogP contribution < -0.4 is 11.5 Å². The number of hydrogen-bond acceptors (Lipinski definition) is 4. The molecule has 0 spiro atoms. The van der Waals surface area contributed by atoms with Crippen LogP contribution in [0.2, 0.25) is 0 Å². The molecule has 0 heterocycles. The molecule has 72 valence electrons. The molecular formula is C7H16N2O2S. The van der Waals surface area contributed by atoms with Crippen molar-refractivity contribution in [3.63, 3.8) is 0 Å². The fourth-order valence-electron chi connectivity index (χ4n) is 1.30. The largest absolute Gasteiger partial charge is 0.329 e. The highest BCUT2D eigenvalue weighted by molar-refractivity contribution is 7.91. The summed E-state index contributed by atoms with van der Waals surface area (Å²) >= 11 is 0. The van der Waals surface area contributed by atoms with Crippen LogP contribution in [0.25, 0.3) is 0 Å². The molecule has 0 radical (unpaired) electrons. The lowest BCUT2D eigenvalue weighted by Gasteiger charge is -2.06. The highest BCUT2D eigenvalue weighted by Gasteiger charge is 2.51. The van der Waals surface area contributed by atoms with Crippen LogP contribution in [0.5, 0.6) is 0 Å². The fraction of sp³-hybridized carbons (Fsp3) is 1.00. The monoisotopic (exact) mass is 192 g/mol. The van der Waals surface area contributed by atoms with Gasteiger partial charge >= 0.3 is 0 Å². The predicted octanol–water partition coefficient (Wildman–Crippen LogP) is -0.903. The minimum Gasteiger partial charge on any atom is -0.329 e. The first-order valence-corrected chi connectivity index (χ1v) is 5.95. The smallest absolute Gasteiger partial charge is 0.150 e. The normalized spacial score (nSPS) is 35.1. The lowest BCUT2D eigenvalue weighted by Crippen LogP contribution is -2.36. The Morgan fingerprint density at radius 3 is 2.50 bits per heavy atom. The second-order valence-corrected chi connectivity index (χ2v) is 5.94. The molecule has 0 aromatic rings. The van der Waals surface area contributed by atoms with Gasteiger partial charge in [0, 0.05) is 17.8 Å². The van der Waals surface area contributed by atoms with Crippen molar-refractivity contribution in [2.75, 3.05) is 18.1 Å². The summed E-state index contributed by atoms with van der Waals surface area (Å²) in [5.74, 6) is 0.494. The van der Waals surface area contributed by atoms with Gasteiger partial charge in [0.05, 0.1) is 5.75 Å². The van der Waals surface area contributed by atoms with E-state index in [2.05, 4.69) is 0 Å². The average molecular weight is 192 g/mol. The Hall–Kier alpha value is -0.130. The number of rotatable bonds is 4.